The highest BCUT2D eigenvalue weighted by Gasteiger charge is 2.20. The van der Waals surface area contributed by atoms with Gasteiger partial charge in [-0.15, -0.1) is 0 Å². The number of pyridine rings is 1. The molecule has 2 N–H and O–H groups in total. The number of hydrogen-bond donors (Lipinski definition) is 2. The topological polar surface area (TPSA) is 92.6 Å². The van der Waals surface area contributed by atoms with E-state index in [-0.39, 0.29) is 28.6 Å². The van der Waals surface area contributed by atoms with E-state index in [4.69, 9.17) is 11.6 Å². The van der Waals surface area contributed by atoms with Gasteiger partial charge in [0.05, 0.1) is 17.3 Å². The zero-order valence-corrected chi connectivity index (χ0v) is 17.9. The van der Waals surface area contributed by atoms with Crippen molar-refractivity contribution in [3.8, 4) is 0 Å². The van der Waals surface area contributed by atoms with Crippen LogP contribution in [0.4, 0.5) is 0 Å². The molecule has 0 aliphatic heterocycles. The third kappa shape index (κ3) is 4.93. The highest BCUT2D eigenvalue weighted by Crippen LogP contribution is 2.23. The van der Waals surface area contributed by atoms with Crippen LogP contribution in [0.3, 0.4) is 0 Å². The van der Waals surface area contributed by atoms with E-state index in [9.17, 15) is 13.2 Å². The van der Waals surface area contributed by atoms with Crippen LogP contribution in [0.15, 0.2) is 84.0 Å². The molecule has 0 atom stereocenters. The van der Waals surface area contributed by atoms with Crippen molar-refractivity contribution in [3.05, 3.63) is 101 Å². The molecule has 7 nitrogen and oxygen atoms in total. The van der Waals surface area contributed by atoms with E-state index < -0.39 is 15.9 Å². The van der Waals surface area contributed by atoms with Gasteiger partial charge in [0.15, 0.2) is 0 Å². The number of aromatic nitrogens is 2. The first kappa shape index (κ1) is 21.0. The Morgan fingerprint density at radius 2 is 1.77 bits per heavy atom. The highest BCUT2D eigenvalue weighted by molar-refractivity contribution is 7.89. The van der Waals surface area contributed by atoms with Crippen molar-refractivity contribution in [2.45, 2.75) is 18.0 Å². The first-order valence-electron chi connectivity index (χ1n) is 9.46. The molecule has 0 radical (unpaired) electrons. The third-order valence-electron chi connectivity index (χ3n) is 4.64. The van der Waals surface area contributed by atoms with Gasteiger partial charge in [0.25, 0.3) is 5.91 Å². The largest absolute Gasteiger partial charge is 0.346 e. The SMILES string of the molecule is O=C(NCc1cn2ccccc2n1)c1ccc(Cl)c(S(=O)(=O)NCc2ccccc2)c1. The number of halogens is 1. The van der Waals surface area contributed by atoms with E-state index in [1.165, 1.54) is 18.2 Å². The molecule has 2 aromatic heterocycles. The Labute approximate surface area is 184 Å². The second-order valence-corrected chi connectivity index (χ2v) is 8.98. The van der Waals surface area contributed by atoms with Gasteiger partial charge < -0.3 is 9.72 Å². The van der Waals surface area contributed by atoms with Gasteiger partial charge in [-0.3, -0.25) is 4.79 Å². The van der Waals surface area contributed by atoms with Gasteiger partial charge in [0.1, 0.15) is 10.5 Å². The van der Waals surface area contributed by atoms with Crippen molar-refractivity contribution < 1.29 is 13.2 Å². The Kier molecular flexibility index (Phi) is 6.03. The van der Waals surface area contributed by atoms with E-state index in [1.807, 2.05) is 65.3 Å². The minimum atomic E-state index is -3.91. The van der Waals surface area contributed by atoms with Crippen LogP contribution in [0.1, 0.15) is 21.6 Å². The fourth-order valence-corrected chi connectivity index (χ4v) is 4.59. The molecule has 2 aromatic carbocycles. The first-order chi connectivity index (χ1) is 14.9. The molecule has 9 heteroatoms. The molecule has 4 rings (SSSR count). The molecule has 0 bridgehead atoms. The van der Waals surface area contributed by atoms with Crippen molar-refractivity contribution >= 4 is 33.2 Å². The molecule has 1 amide bonds. The minimum absolute atomic E-state index is 0.0393. The number of nitrogens with one attached hydrogen (secondary N) is 2. The van der Waals surface area contributed by atoms with Crippen LogP contribution >= 0.6 is 11.6 Å². The smallest absolute Gasteiger partial charge is 0.251 e. The monoisotopic (exact) mass is 454 g/mol. The van der Waals surface area contributed by atoms with Gasteiger partial charge in [-0.2, -0.15) is 0 Å². The van der Waals surface area contributed by atoms with Crippen molar-refractivity contribution in [2.75, 3.05) is 0 Å². The quantitative estimate of drug-likeness (QED) is 0.447. The Morgan fingerprint density at radius 3 is 2.55 bits per heavy atom. The second-order valence-electron chi connectivity index (χ2n) is 6.84. The molecule has 31 heavy (non-hydrogen) atoms. The number of fused-ring (bicyclic) bond motifs is 1. The number of carbonyl (C=O) groups excluding carboxylic acids is 1. The molecule has 0 saturated heterocycles. The van der Waals surface area contributed by atoms with Gasteiger partial charge in [-0.1, -0.05) is 48.0 Å². The molecule has 158 valence electrons. The molecule has 2 heterocycles. The summed E-state index contributed by atoms with van der Waals surface area (Å²) in [6, 6.07) is 18.9. The van der Waals surface area contributed by atoms with Crippen LogP contribution in [0, 0.1) is 0 Å². The maximum Gasteiger partial charge on any atom is 0.251 e. The van der Waals surface area contributed by atoms with E-state index in [0.29, 0.717) is 5.69 Å². The summed E-state index contributed by atoms with van der Waals surface area (Å²) in [6.07, 6.45) is 3.69. The lowest BCUT2D eigenvalue weighted by Crippen LogP contribution is -2.26. The highest BCUT2D eigenvalue weighted by atomic mass is 35.5. The van der Waals surface area contributed by atoms with Gasteiger partial charge in [-0.05, 0) is 35.9 Å². The normalized spacial score (nSPS) is 11.5. The number of nitrogens with zero attached hydrogens (tertiary/aromatic N) is 2. The van der Waals surface area contributed by atoms with Gasteiger partial charge >= 0.3 is 0 Å². The number of benzene rings is 2. The average molecular weight is 455 g/mol. The van der Waals surface area contributed by atoms with Gasteiger partial charge in [0, 0.05) is 24.5 Å². The molecule has 0 aliphatic rings. The van der Waals surface area contributed by atoms with Crippen molar-refractivity contribution in [1.82, 2.24) is 19.4 Å². The van der Waals surface area contributed by atoms with Crippen molar-refractivity contribution in [3.63, 3.8) is 0 Å². The zero-order chi connectivity index (χ0) is 21.8. The lowest BCUT2D eigenvalue weighted by atomic mass is 10.2. The van der Waals surface area contributed by atoms with Gasteiger partial charge in [0.2, 0.25) is 10.0 Å². The van der Waals surface area contributed by atoms with E-state index >= 15 is 0 Å². The fraction of sp³-hybridized carbons (Fsp3) is 0.0909. The molecular weight excluding hydrogens is 436 g/mol. The molecule has 0 saturated carbocycles. The summed E-state index contributed by atoms with van der Waals surface area (Å²) in [5.74, 6) is -0.423. The molecule has 0 fully saturated rings. The second kappa shape index (κ2) is 8.89. The zero-order valence-electron chi connectivity index (χ0n) is 16.3. The maximum atomic E-state index is 12.7. The van der Waals surface area contributed by atoms with Crippen LogP contribution in [-0.4, -0.2) is 23.7 Å². The predicted molar refractivity (Wildman–Crippen MR) is 118 cm³/mol. The van der Waals surface area contributed by atoms with Crippen LogP contribution in [-0.2, 0) is 23.1 Å². The van der Waals surface area contributed by atoms with E-state index in [0.717, 1.165) is 11.2 Å². The van der Waals surface area contributed by atoms with Crippen LogP contribution < -0.4 is 10.0 Å². The summed E-state index contributed by atoms with van der Waals surface area (Å²) in [4.78, 5) is 16.9. The number of rotatable bonds is 7. The Morgan fingerprint density at radius 1 is 1.00 bits per heavy atom. The summed E-state index contributed by atoms with van der Waals surface area (Å²) < 4.78 is 29.8. The van der Waals surface area contributed by atoms with E-state index in [1.54, 1.807) is 0 Å². The van der Waals surface area contributed by atoms with Gasteiger partial charge in [-0.25, -0.2) is 18.1 Å². The van der Waals surface area contributed by atoms with Crippen LogP contribution in [0.25, 0.3) is 5.65 Å². The number of carbonyl (C=O) groups is 1. The summed E-state index contributed by atoms with van der Waals surface area (Å²) >= 11 is 6.12. The molecule has 4 aromatic rings. The van der Waals surface area contributed by atoms with Crippen molar-refractivity contribution in [1.29, 1.82) is 0 Å². The lowest BCUT2D eigenvalue weighted by molar-refractivity contribution is 0.0950. The average Bonchev–Trinajstić information content (AvgIpc) is 3.20. The standard InChI is InChI=1S/C22H19ClN4O3S/c23-19-10-9-17(12-20(19)31(29,30)25-13-16-6-2-1-3-7-16)22(28)24-14-18-15-27-11-5-4-8-21(27)26-18/h1-12,15,25H,13-14H2,(H,24,28). The summed E-state index contributed by atoms with van der Waals surface area (Å²) in [6.45, 7) is 0.321. The van der Waals surface area contributed by atoms with Crippen LogP contribution in [0.5, 0.6) is 0 Å². The summed E-state index contributed by atoms with van der Waals surface area (Å²) in [5, 5.41) is 2.80. The number of hydrogen-bond acceptors (Lipinski definition) is 4. The van der Waals surface area contributed by atoms with Crippen molar-refractivity contribution in [2.24, 2.45) is 0 Å². The molecule has 0 unspecified atom stereocenters. The fourth-order valence-electron chi connectivity index (χ4n) is 3.05. The third-order valence-corrected chi connectivity index (χ3v) is 6.52. The first-order valence-corrected chi connectivity index (χ1v) is 11.3. The maximum absolute atomic E-state index is 12.7. The summed E-state index contributed by atoms with van der Waals surface area (Å²) in [5.41, 5.74) is 2.46. The Balaban J connectivity index is 1.47. The van der Waals surface area contributed by atoms with E-state index in [2.05, 4.69) is 15.0 Å². The number of imidazole rings is 1. The predicted octanol–water partition coefficient (Wildman–Crippen LogP) is 3.40. The molecular formula is C22H19ClN4O3S. The number of amides is 1. The van der Waals surface area contributed by atoms with Crippen LogP contribution in [0.2, 0.25) is 5.02 Å². The molecule has 0 aliphatic carbocycles. The molecule has 0 spiro atoms. The number of sulfonamides is 1. The lowest BCUT2D eigenvalue weighted by Gasteiger charge is -2.10. The summed E-state index contributed by atoms with van der Waals surface area (Å²) in [7, 11) is -3.91. The Bertz CT molecular complexity index is 1300. The minimum Gasteiger partial charge on any atom is -0.346 e. The Hall–Kier alpha value is -3.20.